The van der Waals surface area contributed by atoms with E-state index in [9.17, 15) is 14.7 Å². The molecule has 0 aromatic heterocycles. The van der Waals surface area contributed by atoms with Gasteiger partial charge in [0.25, 0.3) is 0 Å². The number of carboxylic acid groups (broad SMARTS) is 1. The first-order valence-corrected chi connectivity index (χ1v) is 13.4. The fourth-order valence-corrected chi connectivity index (χ4v) is 10.2. The van der Waals surface area contributed by atoms with E-state index in [4.69, 9.17) is 0 Å². The molecule has 0 aliphatic heterocycles. The molecule has 0 saturated heterocycles. The highest BCUT2D eigenvalue weighted by atomic mass is 16.4. The first-order chi connectivity index (χ1) is 15.3. The average molecular weight is 453 g/mol. The van der Waals surface area contributed by atoms with E-state index in [0.29, 0.717) is 23.7 Å². The zero-order chi connectivity index (χ0) is 24.2. The lowest BCUT2D eigenvalue weighted by molar-refractivity contribution is -0.176. The Kier molecular flexibility index (Phi) is 4.85. The monoisotopic (exact) mass is 452 g/mol. The summed E-state index contributed by atoms with van der Waals surface area (Å²) < 4.78 is 0. The molecule has 3 heteroatoms. The fourth-order valence-electron chi connectivity index (χ4n) is 10.2. The molecule has 182 valence electrons. The Morgan fingerprint density at radius 3 is 2.33 bits per heavy atom. The van der Waals surface area contributed by atoms with Gasteiger partial charge < -0.3 is 5.11 Å². The quantitative estimate of drug-likeness (QED) is 0.433. The molecule has 5 rings (SSSR count). The summed E-state index contributed by atoms with van der Waals surface area (Å²) in [6, 6.07) is 0. The molecule has 0 aromatic rings. The highest BCUT2D eigenvalue weighted by Crippen LogP contribution is 2.74. The average Bonchev–Trinajstić information content (AvgIpc) is 2.74. The van der Waals surface area contributed by atoms with Crippen LogP contribution >= 0.6 is 0 Å². The van der Waals surface area contributed by atoms with Gasteiger partial charge >= 0.3 is 5.97 Å². The SMILES string of the molecule is C[C@H]1[C@H](C)CC[C@]2(C(=O)O)CC[C@]3(C)C(=CC[C@@H]4[C@@]5(C)C=CC(=O)C(C)(C)[C@@H]5CC[C@]43C)[C@H]12. The van der Waals surface area contributed by atoms with Crippen LogP contribution in [0.1, 0.15) is 93.4 Å². The minimum absolute atomic E-state index is 0.00224. The van der Waals surface area contributed by atoms with Gasteiger partial charge in [-0.2, -0.15) is 0 Å². The third-order valence-corrected chi connectivity index (χ3v) is 12.7. The van der Waals surface area contributed by atoms with Crippen molar-refractivity contribution in [2.45, 2.75) is 93.4 Å². The van der Waals surface area contributed by atoms with Crippen molar-refractivity contribution in [1.82, 2.24) is 0 Å². The van der Waals surface area contributed by atoms with Crippen LogP contribution in [-0.2, 0) is 9.59 Å². The van der Waals surface area contributed by atoms with Gasteiger partial charge in [-0.1, -0.05) is 66.2 Å². The van der Waals surface area contributed by atoms with Crippen molar-refractivity contribution < 1.29 is 14.7 Å². The lowest BCUT2D eigenvalue weighted by atomic mass is 9.34. The molecule has 9 atom stereocenters. The van der Waals surface area contributed by atoms with Crippen LogP contribution in [0.5, 0.6) is 0 Å². The number of aliphatic carboxylic acids is 1. The summed E-state index contributed by atoms with van der Waals surface area (Å²) in [5.74, 6) is 1.69. The fraction of sp³-hybridized carbons (Fsp3) is 0.800. The Morgan fingerprint density at radius 1 is 0.970 bits per heavy atom. The highest BCUT2D eigenvalue weighted by molar-refractivity contribution is 5.95. The van der Waals surface area contributed by atoms with Crippen LogP contribution < -0.4 is 0 Å². The number of hydrogen-bond donors (Lipinski definition) is 1. The van der Waals surface area contributed by atoms with Crippen molar-refractivity contribution in [3.63, 3.8) is 0 Å². The number of carbonyl (C=O) groups excluding carboxylic acids is 1. The molecule has 0 unspecified atom stereocenters. The summed E-state index contributed by atoms with van der Waals surface area (Å²) in [6.07, 6.45) is 13.5. The Morgan fingerprint density at radius 2 is 1.67 bits per heavy atom. The van der Waals surface area contributed by atoms with E-state index >= 15 is 0 Å². The van der Waals surface area contributed by atoms with Gasteiger partial charge in [-0.15, -0.1) is 0 Å². The van der Waals surface area contributed by atoms with Crippen molar-refractivity contribution in [3.8, 4) is 0 Å². The van der Waals surface area contributed by atoms with Crippen LogP contribution in [0.15, 0.2) is 23.8 Å². The van der Waals surface area contributed by atoms with Gasteiger partial charge in [0.15, 0.2) is 5.78 Å². The Balaban J connectivity index is 1.64. The molecule has 0 heterocycles. The van der Waals surface area contributed by atoms with E-state index in [2.05, 4.69) is 60.6 Å². The smallest absolute Gasteiger partial charge is 0.310 e. The van der Waals surface area contributed by atoms with Crippen LogP contribution in [0.2, 0.25) is 0 Å². The van der Waals surface area contributed by atoms with Gasteiger partial charge in [0, 0.05) is 5.41 Å². The minimum atomic E-state index is -0.583. The Bertz CT molecular complexity index is 958. The zero-order valence-corrected chi connectivity index (χ0v) is 21.8. The maximum atomic E-state index is 12.8. The van der Waals surface area contributed by atoms with E-state index in [-0.39, 0.29) is 33.4 Å². The zero-order valence-electron chi connectivity index (χ0n) is 21.8. The number of rotatable bonds is 1. The number of hydrogen-bond acceptors (Lipinski definition) is 2. The number of allylic oxidation sites excluding steroid dienone is 4. The van der Waals surface area contributed by atoms with Crippen molar-refractivity contribution in [2.75, 3.05) is 0 Å². The topological polar surface area (TPSA) is 54.4 Å². The van der Waals surface area contributed by atoms with Crippen molar-refractivity contribution >= 4 is 11.8 Å². The predicted octanol–water partition coefficient (Wildman–Crippen LogP) is 7.07. The van der Waals surface area contributed by atoms with Crippen molar-refractivity contribution in [2.24, 2.45) is 56.7 Å². The minimum Gasteiger partial charge on any atom is -0.481 e. The van der Waals surface area contributed by atoms with Gasteiger partial charge in [0.1, 0.15) is 0 Å². The molecular weight excluding hydrogens is 408 g/mol. The maximum absolute atomic E-state index is 12.8. The molecule has 3 nitrogen and oxygen atoms in total. The van der Waals surface area contributed by atoms with Crippen molar-refractivity contribution in [3.05, 3.63) is 23.8 Å². The van der Waals surface area contributed by atoms with E-state index in [1.54, 1.807) is 0 Å². The number of carbonyl (C=O) groups is 2. The summed E-state index contributed by atoms with van der Waals surface area (Å²) in [7, 11) is 0. The van der Waals surface area contributed by atoms with E-state index in [1.807, 2.05) is 6.08 Å². The largest absolute Gasteiger partial charge is 0.481 e. The lowest BCUT2D eigenvalue weighted by Crippen LogP contribution is -2.64. The van der Waals surface area contributed by atoms with Crippen LogP contribution in [0.4, 0.5) is 0 Å². The molecule has 5 aliphatic carbocycles. The van der Waals surface area contributed by atoms with Gasteiger partial charge in [0.05, 0.1) is 5.41 Å². The molecule has 3 fully saturated rings. The Hall–Kier alpha value is -1.38. The van der Waals surface area contributed by atoms with Gasteiger partial charge in [-0.25, -0.2) is 0 Å². The number of ketones is 1. The summed E-state index contributed by atoms with van der Waals surface area (Å²) in [5, 5.41) is 10.5. The first kappa shape index (κ1) is 23.4. The van der Waals surface area contributed by atoms with E-state index < -0.39 is 11.4 Å². The summed E-state index contributed by atoms with van der Waals surface area (Å²) >= 11 is 0. The second-order valence-corrected chi connectivity index (χ2v) is 13.9. The third-order valence-electron chi connectivity index (χ3n) is 12.7. The predicted molar refractivity (Wildman–Crippen MR) is 132 cm³/mol. The molecule has 0 bridgehead atoms. The molecule has 5 aliphatic rings. The summed E-state index contributed by atoms with van der Waals surface area (Å²) in [6.45, 7) is 16.4. The molecule has 0 aromatic carbocycles. The lowest BCUT2D eigenvalue weighted by Gasteiger charge is -2.70. The maximum Gasteiger partial charge on any atom is 0.310 e. The van der Waals surface area contributed by atoms with Crippen LogP contribution in [0, 0.1) is 56.7 Å². The van der Waals surface area contributed by atoms with Gasteiger partial charge in [0.2, 0.25) is 0 Å². The van der Waals surface area contributed by atoms with E-state index in [0.717, 1.165) is 44.9 Å². The first-order valence-electron chi connectivity index (χ1n) is 13.4. The van der Waals surface area contributed by atoms with Gasteiger partial charge in [-0.05, 0) is 96.9 Å². The second-order valence-electron chi connectivity index (χ2n) is 13.9. The van der Waals surface area contributed by atoms with Crippen LogP contribution in [0.25, 0.3) is 0 Å². The molecule has 1 N–H and O–H groups in total. The molecule has 0 spiro atoms. The highest BCUT2D eigenvalue weighted by Gasteiger charge is 2.69. The molecule has 3 saturated carbocycles. The summed E-state index contributed by atoms with van der Waals surface area (Å²) in [4.78, 5) is 25.6. The van der Waals surface area contributed by atoms with Crippen molar-refractivity contribution in [1.29, 1.82) is 0 Å². The third kappa shape index (κ3) is 2.63. The normalized spacial score (nSPS) is 52.6. The van der Waals surface area contributed by atoms with Gasteiger partial charge in [-0.3, -0.25) is 9.59 Å². The molecule has 0 radical (unpaired) electrons. The standard InChI is InChI=1S/C30H44O3/c1-18-10-15-30(25(32)33)17-16-28(6)20(24(30)19(18)2)8-9-22-27(5)13-12-23(31)26(3,4)21(27)11-14-29(22,28)7/h8,12-13,18-19,21-22,24H,9-11,14-17H2,1-7H3,(H,32,33)/t18-,19+,21+,22-,24+,27+,28-,29-,30+/m1/s1. The number of fused-ring (bicyclic) bond motifs is 7. The number of carboxylic acids is 1. The van der Waals surface area contributed by atoms with E-state index in [1.165, 1.54) is 5.57 Å². The molecular formula is C30H44O3. The Labute approximate surface area is 200 Å². The second kappa shape index (κ2) is 6.85. The molecule has 0 amide bonds. The van der Waals surface area contributed by atoms with Crippen LogP contribution in [0.3, 0.4) is 0 Å². The molecule has 33 heavy (non-hydrogen) atoms. The van der Waals surface area contributed by atoms with Crippen LogP contribution in [-0.4, -0.2) is 16.9 Å². The summed E-state index contributed by atoms with van der Waals surface area (Å²) in [5.41, 5.74) is 0.731.